The average molecular weight is 394 g/mol. The van der Waals surface area contributed by atoms with Crippen molar-refractivity contribution in [3.8, 4) is 0 Å². The van der Waals surface area contributed by atoms with E-state index in [1.165, 1.54) is 29.6 Å². The van der Waals surface area contributed by atoms with Gasteiger partial charge in [0.05, 0.1) is 5.69 Å². The molecule has 0 fully saturated rings. The molecule has 26 heavy (non-hydrogen) atoms. The van der Waals surface area contributed by atoms with Crippen molar-refractivity contribution in [1.29, 1.82) is 0 Å². The molecule has 0 spiro atoms. The van der Waals surface area contributed by atoms with E-state index in [1.807, 2.05) is 0 Å². The predicted octanol–water partition coefficient (Wildman–Crippen LogP) is 3.62. The van der Waals surface area contributed by atoms with Gasteiger partial charge in [-0.25, -0.2) is 9.78 Å². The summed E-state index contributed by atoms with van der Waals surface area (Å²) in [5.74, 6) is -1.30. The monoisotopic (exact) mass is 393 g/mol. The third-order valence-corrected chi connectivity index (χ3v) is 5.12. The molecule has 0 amide bonds. The fraction of sp³-hybridized carbons (Fsp3) is 0.294. The Labute approximate surface area is 157 Å². The number of aromatic nitrogens is 3. The summed E-state index contributed by atoms with van der Waals surface area (Å²) in [6.07, 6.45) is 0.596. The minimum absolute atomic E-state index is 0.0206. The fourth-order valence-electron chi connectivity index (χ4n) is 2.94. The lowest BCUT2D eigenvalue weighted by Gasteiger charge is -2.12. The molecule has 0 saturated heterocycles. The van der Waals surface area contributed by atoms with Crippen LogP contribution in [0.3, 0.4) is 0 Å². The molecule has 3 rings (SSSR count). The highest BCUT2D eigenvalue weighted by Crippen LogP contribution is 2.24. The highest BCUT2D eigenvalue weighted by Gasteiger charge is 2.28. The first-order chi connectivity index (χ1) is 12.2. The number of aryl methyl sites for hydroxylation is 1. The van der Waals surface area contributed by atoms with E-state index in [2.05, 4.69) is 9.97 Å². The van der Waals surface area contributed by atoms with Crippen molar-refractivity contribution in [2.75, 3.05) is 0 Å². The van der Waals surface area contributed by atoms with Crippen molar-refractivity contribution in [3.63, 3.8) is 0 Å². The number of imidazole rings is 1. The van der Waals surface area contributed by atoms with Crippen molar-refractivity contribution in [2.45, 2.75) is 33.8 Å². The van der Waals surface area contributed by atoms with Crippen LogP contribution in [0.2, 0.25) is 5.15 Å². The maximum absolute atomic E-state index is 12.7. The molecule has 0 bridgehead atoms. The van der Waals surface area contributed by atoms with Gasteiger partial charge in [-0.1, -0.05) is 11.6 Å². The Hall–Kier alpha value is -2.45. The molecular formula is C17H16ClN3O4S. The highest BCUT2D eigenvalue weighted by atomic mass is 35.5. The van der Waals surface area contributed by atoms with E-state index in [0.29, 0.717) is 21.8 Å². The predicted molar refractivity (Wildman–Crippen MR) is 97.6 cm³/mol. The summed E-state index contributed by atoms with van der Waals surface area (Å²) >= 11 is 7.34. The number of nitrogens with zero attached hydrogens (tertiary/aromatic N) is 2. The summed E-state index contributed by atoms with van der Waals surface area (Å²) in [7, 11) is 0. The van der Waals surface area contributed by atoms with Crippen LogP contribution >= 0.6 is 22.9 Å². The van der Waals surface area contributed by atoms with Gasteiger partial charge in [0.15, 0.2) is 27.7 Å². The number of thiazole rings is 1. The van der Waals surface area contributed by atoms with Gasteiger partial charge in [0, 0.05) is 22.8 Å². The number of carbonyl (C=O) groups is 3. The lowest BCUT2D eigenvalue weighted by molar-refractivity contribution is 0.0310. The number of ether oxygens (including phenoxy) is 1. The number of H-pyrrole nitrogens is 1. The normalized spacial score (nSPS) is 12.3. The minimum atomic E-state index is -1.06. The smallest absolute Gasteiger partial charge is 0.359 e. The number of hydrogen-bond donors (Lipinski definition) is 1. The van der Waals surface area contributed by atoms with Gasteiger partial charge in [0.2, 0.25) is 5.78 Å². The molecule has 1 atom stereocenters. The van der Waals surface area contributed by atoms with Gasteiger partial charge in [0.25, 0.3) is 0 Å². The number of aromatic amines is 1. The lowest BCUT2D eigenvalue weighted by atomic mass is 10.0. The molecule has 3 aromatic rings. The Bertz CT molecular complexity index is 1050. The molecule has 0 aliphatic rings. The number of fused-ring (bicyclic) bond motifs is 1. The number of ketones is 2. The number of esters is 1. The summed E-state index contributed by atoms with van der Waals surface area (Å²) < 4.78 is 6.82. The summed E-state index contributed by atoms with van der Waals surface area (Å²) in [5.41, 5.74) is 1.96. The van der Waals surface area contributed by atoms with E-state index in [4.69, 9.17) is 16.3 Å². The van der Waals surface area contributed by atoms with Gasteiger partial charge in [-0.15, -0.1) is 11.3 Å². The largest absolute Gasteiger partial charge is 0.449 e. The van der Waals surface area contributed by atoms with Crippen LogP contribution in [0.25, 0.3) is 4.96 Å². The molecule has 136 valence electrons. The van der Waals surface area contributed by atoms with Crippen LogP contribution in [0.15, 0.2) is 11.6 Å². The Balaban J connectivity index is 1.85. The van der Waals surface area contributed by atoms with E-state index >= 15 is 0 Å². The van der Waals surface area contributed by atoms with E-state index in [-0.39, 0.29) is 22.3 Å². The summed E-state index contributed by atoms with van der Waals surface area (Å²) in [6, 6.07) is 0. The number of carbonyl (C=O) groups excluding carboxylic acids is 3. The van der Waals surface area contributed by atoms with Crippen molar-refractivity contribution in [2.24, 2.45) is 0 Å². The van der Waals surface area contributed by atoms with E-state index in [9.17, 15) is 14.4 Å². The van der Waals surface area contributed by atoms with Crippen molar-refractivity contribution < 1.29 is 19.1 Å². The summed E-state index contributed by atoms with van der Waals surface area (Å²) in [6.45, 7) is 6.32. The maximum Gasteiger partial charge on any atom is 0.359 e. The zero-order valence-electron chi connectivity index (χ0n) is 14.5. The summed E-state index contributed by atoms with van der Waals surface area (Å²) in [5, 5.41) is 1.78. The van der Waals surface area contributed by atoms with Crippen molar-refractivity contribution in [3.05, 3.63) is 44.9 Å². The third kappa shape index (κ3) is 2.95. The Morgan fingerprint density at radius 2 is 2.04 bits per heavy atom. The molecule has 0 saturated carbocycles. The molecule has 0 aliphatic heterocycles. The number of hydrogen-bond acceptors (Lipinski definition) is 6. The molecule has 7 nitrogen and oxygen atoms in total. The molecule has 3 heterocycles. The number of Topliss-reactive ketones (excluding diaryl/α,β-unsaturated/α-hetero) is 2. The van der Waals surface area contributed by atoms with E-state index < -0.39 is 17.9 Å². The first kappa shape index (κ1) is 18.3. The molecule has 9 heteroatoms. The maximum atomic E-state index is 12.7. The molecule has 1 N–H and O–H groups in total. The van der Waals surface area contributed by atoms with E-state index in [0.717, 1.165) is 0 Å². The lowest BCUT2D eigenvalue weighted by Crippen LogP contribution is -2.26. The van der Waals surface area contributed by atoms with Crippen LogP contribution < -0.4 is 0 Å². The zero-order valence-corrected chi connectivity index (χ0v) is 16.1. The van der Waals surface area contributed by atoms with Crippen molar-refractivity contribution in [1.82, 2.24) is 14.4 Å². The number of nitrogens with one attached hydrogen (secondary N) is 1. The van der Waals surface area contributed by atoms with Crippen LogP contribution in [0, 0.1) is 13.8 Å². The van der Waals surface area contributed by atoms with Crippen LogP contribution in [0.1, 0.15) is 56.4 Å². The number of rotatable bonds is 5. The minimum Gasteiger partial charge on any atom is -0.449 e. The second kappa shape index (κ2) is 6.69. The SMILES string of the molecule is CC(=O)c1c(C)[nH]c(C(=O)[C@H](C)OC(=O)c2c(Cl)nc3sccn23)c1C. The second-order valence-corrected chi connectivity index (χ2v) is 7.13. The third-order valence-electron chi connectivity index (χ3n) is 4.10. The molecular weight excluding hydrogens is 378 g/mol. The Kier molecular flexibility index (Phi) is 4.72. The Morgan fingerprint density at radius 3 is 2.65 bits per heavy atom. The number of halogens is 1. The topological polar surface area (TPSA) is 93.5 Å². The van der Waals surface area contributed by atoms with Gasteiger partial charge in [0.1, 0.15) is 0 Å². The zero-order chi connectivity index (χ0) is 19.2. The van der Waals surface area contributed by atoms with Crippen LogP contribution in [0.5, 0.6) is 0 Å². The van der Waals surface area contributed by atoms with E-state index in [1.54, 1.807) is 25.4 Å². The molecule has 0 radical (unpaired) electrons. The second-order valence-electron chi connectivity index (χ2n) is 5.90. The molecule has 0 aliphatic carbocycles. The van der Waals surface area contributed by atoms with Crippen LogP contribution in [0.4, 0.5) is 0 Å². The molecule has 0 aromatic carbocycles. The Morgan fingerprint density at radius 1 is 1.35 bits per heavy atom. The fourth-order valence-corrected chi connectivity index (χ4v) is 3.95. The van der Waals surface area contributed by atoms with Crippen molar-refractivity contribution >= 4 is 45.4 Å². The molecule has 3 aromatic heterocycles. The average Bonchev–Trinajstić information content (AvgIpc) is 3.18. The first-order valence-electron chi connectivity index (χ1n) is 7.78. The highest BCUT2D eigenvalue weighted by molar-refractivity contribution is 7.15. The quantitative estimate of drug-likeness (QED) is 0.527. The van der Waals surface area contributed by atoms with Gasteiger partial charge >= 0.3 is 5.97 Å². The first-order valence-corrected chi connectivity index (χ1v) is 9.04. The van der Waals surface area contributed by atoms with Crippen LogP contribution in [-0.4, -0.2) is 38.0 Å². The standard InChI is InChI=1S/C17H16ClN3O4S/c1-7-11(9(3)22)8(2)19-12(7)14(23)10(4)25-16(24)13-15(18)20-17-21(13)5-6-26-17/h5-6,10,19H,1-4H3/t10-/m0/s1. The van der Waals surface area contributed by atoms with Gasteiger partial charge in [-0.3, -0.25) is 14.0 Å². The summed E-state index contributed by atoms with van der Waals surface area (Å²) in [4.78, 5) is 44.4. The molecule has 0 unspecified atom stereocenters. The van der Waals surface area contributed by atoms with Gasteiger partial charge in [-0.2, -0.15) is 0 Å². The van der Waals surface area contributed by atoms with Crippen LogP contribution in [-0.2, 0) is 4.74 Å². The van der Waals surface area contributed by atoms with Gasteiger partial charge in [-0.05, 0) is 33.3 Å². The van der Waals surface area contributed by atoms with Gasteiger partial charge < -0.3 is 9.72 Å².